The minimum atomic E-state index is -3.50. The summed E-state index contributed by atoms with van der Waals surface area (Å²) in [5, 5.41) is 0. The van der Waals surface area contributed by atoms with Crippen molar-refractivity contribution in [2.45, 2.75) is 43.9 Å². The average molecular weight is 477 g/mol. The highest BCUT2D eigenvalue weighted by atomic mass is 32.2. The monoisotopic (exact) mass is 476 g/mol. The molecule has 1 aromatic rings. The molecule has 0 aliphatic carbocycles. The van der Waals surface area contributed by atoms with Gasteiger partial charge >= 0.3 is 0 Å². The van der Waals surface area contributed by atoms with Crippen LogP contribution in [0.3, 0.4) is 0 Å². The van der Waals surface area contributed by atoms with E-state index in [9.17, 15) is 18.0 Å². The van der Waals surface area contributed by atoms with Crippen LogP contribution in [0, 0.1) is 12.8 Å². The number of aryl methyl sites for hydroxylation is 1. The summed E-state index contributed by atoms with van der Waals surface area (Å²) in [5.74, 6) is 0.393. The lowest BCUT2D eigenvalue weighted by Gasteiger charge is -2.37. The molecule has 9 heteroatoms. The molecule has 0 saturated carbocycles. The van der Waals surface area contributed by atoms with E-state index in [0.717, 1.165) is 44.3 Å². The molecule has 8 nitrogen and oxygen atoms in total. The van der Waals surface area contributed by atoms with Crippen LogP contribution in [0.5, 0.6) is 0 Å². The lowest BCUT2D eigenvalue weighted by Crippen LogP contribution is -2.52. The topological polar surface area (TPSA) is 81.2 Å². The zero-order valence-electron chi connectivity index (χ0n) is 19.6. The van der Waals surface area contributed by atoms with Crippen molar-refractivity contribution in [2.75, 3.05) is 58.9 Å². The van der Waals surface area contributed by atoms with E-state index in [0.29, 0.717) is 50.7 Å². The molecule has 0 atom stereocenters. The van der Waals surface area contributed by atoms with Crippen LogP contribution in [-0.4, -0.2) is 98.1 Å². The first kappa shape index (κ1) is 24.2. The van der Waals surface area contributed by atoms with Gasteiger partial charge in [0.2, 0.25) is 21.8 Å². The predicted octanol–water partition coefficient (Wildman–Crippen LogP) is 1.55. The van der Waals surface area contributed by atoms with Crippen LogP contribution in [0.2, 0.25) is 0 Å². The number of hydrogen-bond acceptors (Lipinski definition) is 5. The van der Waals surface area contributed by atoms with Gasteiger partial charge in [-0.2, -0.15) is 4.31 Å². The van der Waals surface area contributed by atoms with E-state index in [4.69, 9.17) is 0 Å². The van der Waals surface area contributed by atoms with Crippen LogP contribution >= 0.6 is 0 Å². The van der Waals surface area contributed by atoms with E-state index in [-0.39, 0.29) is 17.7 Å². The van der Waals surface area contributed by atoms with Crippen LogP contribution in [0.15, 0.2) is 29.2 Å². The number of carbonyl (C=O) groups is 2. The van der Waals surface area contributed by atoms with Crippen LogP contribution in [0.1, 0.15) is 37.7 Å². The quantitative estimate of drug-likeness (QED) is 0.644. The Balaban J connectivity index is 1.22. The van der Waals surface area contributed by atoms with Gasteiger partial charge in [-0.05, 0) is 51.2 Å². The molecule has 0 bridgehead atoms. The van der Waals surface area contributed by atoms with E-state index < -0.39 is 10.0 Å². The maximum absolute atomic E-state index is 12.9. The zero-order valence-corrected chi connectivity index (χ0v) is 20.4. The second-order valence-electron chi connectivity index (χ2n) is 9.53. The summed E-state index contributed by atoms with van der Waals surface area (Å²) in [5.41, 5.74) is 1.03. The Morgan fingerprint density at radius 3 is 2.03 bits per heavy atom. The molecule has 3 aliphatic rings. The lowest BCUT2D eigenvalue weighted by atomic mass is 9.94. The number of piperazine rings is 1. The van der Waals surface area contributed by atoms with Gasteiger partial charge in [-0.25, -0.2) is 8.42 Å². The number of piperidine rings is 2. The number of amides is 2. The minimum Gasteiger partial charge on any atom is -0.342 e. The molecule has 0 radical (unpaired) electrons. The summed E-state index contributed by atoms with van der Waals surface area (Å²) >= 11 is 0. The highest BCUT2D eigenvalue weighted by Gasteiger charge is 2.33. The van der Waals surface area contributed by atoms with Crippen LogP contribution in [0.25, 0.3) is 0 Å². The van der Waals surface area contributed by atoms with E-state index in [1.54, 1.807) is 12.1 Å². The van der Waals surface area contributed by atoms with Gasteiger partial charge < -0.3 is 9.80 Å². The number of nitrogens with zero attached hydrogens (tertiary/aromatic N) is 4. The first-order chi connectivity index (χ1) is 15.8. The maximum Gasteiger partial charge on any atom is 0.243 e. The molecule has 3 heterocycles. The number of carbonyl (C=O) groups excluding carboxylic acids is 2. The number of likely N-dealkylation sites (tertiary alicyclic amines) is 2. The van der Waals surface area contributed by atoms with Gasteiger partial charge in [0.25, 0.3) is 0 Å². The van der Waals surface area contributed by atoms with Gasteiger partial charge in [-0.15, -0.1) is 0 Å². The number of benzene rings is 1. The molecule has 3 aliphatic heterocycles. The normalized spacial score (nSPS) is 21.8. The molecular formula is C24H36N4O4S. The first-order valence-electron chi connectivity index (χ1n) is 12.2. The Bertz CT molecular complexity index is 928. The summed E-state index contributed by atoms with van der Waals surface area (Å²) in [4.78, 5) is 31.8. The third kappa shape index (κ3) is 5.75. The third-order valence-electron chi connectivity index (χ3n) is 7.21. The van der Waals surface area contributed by atoms with Gasteiger partial charge in [-0.3, -0.25) is 14.5 Å². The summed E-state index contributed by atoms with van der Waals surface area (Å²) in [6, 6.07) is 6.93. The molecule has 182 valence electrons. The van der Waals surface area contributed by atoms with Crippen molar-refractivity contribution < 1.29 is 18.0 Å². The average Bonchev–Trinajstić information content (AvgIpc) is 2.85. The van der Waals surface area contributed by atoms with Crippen molar-refractivity contribution in [1.29, 1.82) is 0 Å². The molecular weight excluding hydrogens is 440 g/mol. The Labute approximate surface area is 197 Å². The zero-order chi connectivity index (χ0) is 23.4. The molecule has 4 rings (SSSR count). The molecule has 1 aromatic carbocycles. The summed E-state index contributed by atoms with van der Waals surface area (Å²) in [7, 11) is -3.50. The van der Waals surface area contributed by atoms with Crippen molar-refractivity contribution in [3.05, 3.63) is 29.8 Å². The van der Waals surface area contributed by atoms with E-state index in [1.807, 2.05) is 33.8 Å². The Morgan fingerprint density at radius 2 is 1.42 bits per heavy atom. The number of hydrogen-bond donors (Lipinski definition) is 0. The maximum atomic E-state index is 12.9. The molecule has 0 spiro atoms. The fourth-order valence-electron chi connectivity index (χ4n) is 5.03. The SMILES string of the molecule is Cc1ccc(S(=O)(=O)N2CCN(CC(=O)N3CCC(C(=O)N4CCCCC4)CC3)CC2)cc1. The fourth-order valence-corrected chi connectivity index (χ4v) is 6.45. The largest absolute Gasteiger partial charge is 0.342 e. The van der Waals surface area contributed by atoms with Gasteiger partial charge in [0.1, 0.15) is 0 Å². The van der Waals surface area contributed by atoms with Gasteiger partial charge in [0, 0.05) is 58.3 Å². The van der Waals surface area contributed by atoms with E-state index >= 15 is 0 Å². The van der Waals surface area contributed by atoms with E-state index in [2.05, 4.69) is 0 Å². The van der Waals surface area contributed by atoms with Crippen molar-refractivity contribution in [3.8, 4) is 0 Å². The third-order valence-corrected chi connectivity index (χ3v) is 9.13. The van der Waals surface area contributed by atoms with Gasteiger partial charge in [0.15, 0.2) is 0 Å². The number of sulfonamides is 1. The second kappa shape index (κ2) is 10.5. The van der Waals surface area contributed by atoms with Crippen LogP contribution < -0.4 is 0 Å². The standard InChI is InChI=1S/C24H36N4O4S/c1-20-5-7-22(8-6-20)33(31,32)28-17-15-25(16-18-28)19-23(29)26-13-9-21(10-14-26)24(30)27-11-3-2-4-12-27/h5-8,21H,2-4,9-19H2,1H3. The number of rotatable bonds is 5. The highest BCUT2D eigenvalue weighted by molar-refractivity contribution is 7.89. The molecule has 0 N–H and O–H groups in total. The lowest BCUT2D eigenvalue weighted by molar-refractivity contribution is -0.141. The second-order valence-corrected chi connectivity index (χ2v) is 11.5. The van der Waals surface area contributed by atoms with Crippen LogP contribution in [0.4, 0.5) is 0 Å². The van der Waals surface area contributed by atoms with Crippen molar-refractivity contribution in [2.24, 2.45) is 5.92 Å². The smallest absolute Gasteiger partial charge is 0.243 e. The van der Waals surface area contributed by atoms with Crippen LogP contribution in [-0.2, 0) is 19.6 Å². The Morgan fingerprint density at radius 1 is 0.818 bits per heavy atom. The predicted molar refractivity (Wildman–Crippen MR) is 126 cm³/mol. The Kier molecular flexibility index (Phi) is 7.71. The summed E-state index contributed by atoms with van der Waals surface area (Å²) in [6.45, 7) is 7.11. The fraction of sp³-hybridized carbons (Fsp3) is 0.667. The van der Waals surface area contributed by atoms with Gasteiger partial charge in [-0.1, -0.05) is 17.7 Å². The molecule has 3 saturated heterocycles. The highest BCUT2D eigenvalue weighted by Crippen LogP contribution is 2.23. The van der Waals surface area contributed by atoms with Gasteiger partial charge in [0.05, 0.1) is 11.4 Å². The van der Waals surface area contributed by atoms with Crippen molar-refractivity contribution in [3.63, 3.8) is 0 Å². The van der Waals surface area contributed by atoms with E-state index in [1.165, 1.54) is 10.7 Å². The molecule has 33 heavy (non-hydrogen) atoms. The molecule has 0 aromatic heterocycles. The van der Waals surface area contributed by atoms with Crippen molar-refractivity contribution >= 4 is 21.8 Å². The Hall–Kier alpha value is -1.97. The first-order valence-corrected chi connectivity index (χ1v) is 13.6. The minimum absolute atomic E-state index is 0.0441. The molecule has 0 unspecified atom stereocenters. The van der Waals surface area contributed by atoms with Crippen molar-refractivity contribution in [1.82, 2.24) is 19.0 Å². The summed E-state index contributed by atoms with van der Waals surface area (Å²) < 4.78 is 27.3. The summed E-state index contributed by atoms with van der Waals surface area (Å²) in [6.07, 6.45) is 4.89. The molecule has 2 amide bonds. The molecule has 3 fully saturated rings.